The van der Waals surface area contributed by atoms with Crippen LogP contribution < -0.4 is 0 Å². The Morgan fingerprint density at radius 3 is 2.22 bits per heavy atom. The monoisotopic (exact) mass is 129 g/mol. The fraction of sp³-hybridized carbons (Fsp3) is 0.714. The summed E-state index contributed by atoms with van der Waals surface area (Å²) in [6, 6.07) is 0. The Bertz CT molecular complexity index is 97.1. The summed E-state index contributed by atoms with van der Waals surface area (Å²) in [5.74, 6) is 0.928. The van der Waals surface area contributed by atoms with Crippen molar-refractivity contribution >= 4 is 0 Å². The second-order valence-corrected chi connectivity index (χ2v) is 1.95. The molecule has 0 rings (SSSR count). The molecule has 0 atom stereocenters. The van der Waals surface area contributed by atoms with E-state index in [-0.39, 0.29) is 0 Å². The fourth-order valence-corrected chi connectivity index (χ4v) is 0.619. The van der Waals surface area contributed by atoms with Crippen molar-refractivity contribution in [3.63, 3.8) is 0 Å². The molecule has 2 heteroatoms. The average Bonchev–Trinajstić information content (AvgIpc) is 1.82. The zero-order chi connectivity index (χ0) is 7.28. The van der Waals surface area contributed by atoms with E-state index in [4.69, 9.17) is 4.74 Å². The summed E-state index contributed by atoms with van der Waals surface area (Å²) in [7, 11) is 3.93. The van der Waals surface area contributed by atoms with Gasteiger partial charge in [0.2, 0.25) is 0 Å². The topological polar surface area (TPSA) is 12.5 Å². The molecule has 0 aromatic rings. The van der Waals surface area contributed by atoms with E-state index in [1.165, 1.54) is 0 Å². The van der Waals surface area contributed by atoms with Crippen LogP contribution in [0.15, 0.2) is 12.0 Å². The highest BCUT2D eigenvalue weighted by molar-refractivity contribution is 4.86. The van der Waals surface area contributed by atoms with Crippen LogP contribution in [0.1, 0.15) is 13.8 Å². The van der Waals surface area contributed by atoms with Crippen LogP contribution in [0, 0.1) is 0 Å². The van der Waals surface area contributed by atoms with Gasteiger partial charge in [0.05, 0.1) is 6.61 Å². The minimum absolute atomic E-state index is 0.734. The van der Waals surface area contributed by atoms with Crippen molar-refractivity contribution < 1.29 is 4.74 Å². The maximum absolute atomic E-state index is 5.24. The lowest BCUT2D eigenvalue weighted by Crippen LogP contribution is -2.13. The average molecular weight is 129 g/mol. The summed E-state index contributed by atoms with van der Waals surface area (Å²) in [4.78, 5) is 1.95. The van der Waals surface area contributed by atoms with Crippen LogP contribution in [-0.2, 0) is 4.74 Å². The van der Waals surface area contributed by atoms with Crippen LogP contribution in [0.2, 0.25) is 0 Å². The third kappa shape index (κ3) is 3.01. The van der Waals surface area contributed by atoms with Gasteiger partial charge in [-0.2, -0.15) is 0 Å². The molecule has 2 nitrogen and oxygen atoms in total. The van der Waals surface area contributed by atoms with Gasteiger partial charge in [0.1, 0.15) is 0 Å². The smallest absolute Gasteiger partial charge is 0.184 e. The van der Waals surface area contributed by atoms with Crippen LogP contribution in [0.5, 0.6) is 0 Å². The summed E-state index contributed by atoms with van der Waals surface area (Å²) in [6.45, 7) is 4.68. The highest BCUT2D eigenvalue weighted by Crippen LogP contribution is 1.98. The van der Waals surface area contributed by atoms with Crippen LogP contribution in [-0.4, -0.2) is 25.6 Å². The third-order valence-corrected chi connectivity index (χ3v) is 0.980. The minimum atomic E-state index is 0.734. The number of hydrogen-bond donors (Lipinski definition) is 0. The van der Waals surface area contributed by atoms with Gasteiger partial charge in [-0.05, 0) is 19.9 Å². The molecule has 0 saturated carbocycles. The predicted octanol–water partition coefficient (Wildman–Crippen LogP) is 1.45. The van der Waals surface area contributed by atoms with E-state index in [0.717, 1.165) is 12.5 Å². The van der Waals surface area contributed by atoms with E-state index in [9.17, 15) is 0 Å². The first-order valence-electron chi connectivity index (χ1n) is 3.18. The largest absolute Gasteiger partial charge is 0.480 e. The first kappa shape index (κ1) is 8.34. The van der Waals surface area contributed by atoms with Crippen molar-refractivity contribution in [3.8, 4) is 0 Å². The molecule has 0 heterocycles. The van der Waals surface area contributed by atoms with Crippen molar-refractivity contribution in [2.24, 2.45) is 0 Å². The number of rotatable bonds is 3. The molecule has 0 aliphatic carbocycles. The molecule has 0 bridgehead atoms. The summed E-state index contributed by atoms with van der Waals surface area (Å²) < 4.78 is 5.24. The van der Waals surface area contributed by atoms with E-state index >= 15 is 0 Å². The van der Waals surface area contributed by atoms with Crippen molar-refractivity contribution in [1.82, 2.24) is 4.90 Å². The van der Waals surface area contributed by atoms with Crippen LogP contribution in [0.3, 0.4) is 0 Å². The fourth-order valence-electron chi connectivity index (χ4n) is 0.619. The molecule has 0 fully saturated rings. The Kier molecular flexibility index (Phi) is 3.93. The molecular weight excluding hydrogens is 114 g/mol. The Morgan fingerprint density at radius 1 is 1.56 bits per heavy atom. The molecule has 0 aromatic heterocycles. The molecule has 0 aromatic carbocycles. The maximum Gasteiger partial charge on any atom is 0.184 e. The molecule has 9 heavy (non-hydrogen) atoms. The molecule has 0 radical (unpaired) electrons. The van der Waals surface area contributed by atoms with Gasteiger partial charge in [-0.3, -0.25) is 0 Å². The zero-order valence-electron chi connectivity index (χ0n) is 6.64. The molecule has 0 N–H and O–H groups in total. The molecule has 0 unspecified atom stereocenters. The van der Waals surface area contributed by atoms with E-state index in [0.29, 0.717) is 0 Å². The van der Waals surface area contributed by atoms with Gasteiger partial charge in [0.15, 0.2) is 5.88 Å². The quantitative estimate of drug-likeness (QED) is 0.535. The Morgan fingerprint density at radius 2 is 2.11 bits per heavy atom. The SMILES string of the molecule is CC=C(OCC)N(C)C. The first-order valence-corrected chi connectivity index (χ1v) is 3.18. The molecule has 0 aliphatic rings. The van der Waals surface area contributed by atoms with Crippen molar-refractivity contribution in [2.75, 3.05) is 20.7 Å². The molecule has 54 valence electrons. The van der Waals surface area contributed by atoms with Crippen LogP contribution >= 0.6 is 0 Å². The lowest BCUT2D eigenvalue weighted by atomic mass is 10.6. The third-order valence-electron chi connectivity index (χ3n) is 0.980. The molecule has 0 amide bonds. The maximum atomic E-state index is 5.24. The highest BCUT2D eigenvalue weighted by atomic mass is 16.5. The van der Waals surface area contributed by atoms with E-state index < -0.39 is 0 Å². The Labute approximate surface area is 57.1 Å². The molecule has 0 saturated heterocycles. The summed E-state index contributed by atoms with van der Waals surface area (Å²) >= 11 is 0. The summed E-state index contributed by atoms with van der Waals surface area (Å²) in [6.07, 6.45) is 1.95. The lowest BCUT2D eigenvalue weighted by Gasteiger charge is -2.15. The Balaban J connectivity index is 3.70. The Hall–Kier alpha value is -0.660. The van der Waals surface area contributed by atoms with Gasteiger partial charge in [-0.1, -0.05) is 0 Å². The van der Waals surface area contributed by atoms with E-state index in [2.05, 4.69) is 0 Å². The second kappa shape index (κ2) is 4.24. The standard InChI is InChI=1S/C7H15NO/c1-5-7(8(3)4)9-6-2/h5H,6H2,1-4H3. The molecule has 0 aliphatic heterocycles. The van der Waals surface area contributed by atoms with Gasteiger partial charge in [0, 0.05) is 14.1 Å². The highest BCUT2D eigenvalue weighted by Gasteiger charge is 1.94. The first-order chi connectivity index (χ1) is 4.22. The second-order valence-electron chi connectivity index (χ2n) is 1.95. The summed E-state index contributed by atoms with van der Waals surface area (Å²) in [5, 5.41) is 0. The predicted molar refractivity (Wildman–Crippen MR) is 39.1 cm³/mol. The number of allylic oxidation sites excluding steroid dienone is 1. The van der Waals surface area contributed by atoms with Gasteiger partial charge >= 0.3 is 0 Å². The minimum Gasteiger partial charge on any atom is -0.480 e. The van der Waals surface area contributed by atoms with Crippen LogP contribution in [0.4, 0.5) is 0 Å². The van der Waals surface area contributed by atoms with Crippen molar-refractivity contribution in [3.05, 3.63) is 12.0 Å². The normalized spacial score (nSPS) is 11.3. The van der Waals surface area contributed by atoms with Gasteiger partial charge in [-0.15, -0.1) is 0 Å². The number of nitrogens with zero attached hydrogens (tertiary/aromatic N) is 1. The van der Waals surface area contributed by atoms with Crippen molar-refractivity contribution in [2.45, 2.75) is 13.8 Å². The number of hydrogen-bond acceptors (Lipinski definition) is 2. The van der Waals surface area contributed by atoms with Gasteiger partial charge in [0.25, 0.3) is 0 Å². The van der Waals surface area contributed by atoms with Gasteiger partial charge < -0.3 is 9.64 Å². The van der Waals surface area contributed by atoms with E-state index in [1.807, 2.05) is 38.9 Å². The zero-order valence-corrected chi connectivity index (χ0v) is 6.64. The lowest BCUT2D eigenvalue weighted by molar-refractivity contribution is 0.151. The van der Waals surface area contributed by atoms with Crippen LogP contribution in [0.25, 0.3) is 0 Å². The van der Waals surface area contributed by atoms with Gasteiger partial charge in [-0.25, -0.2) is 0 Å². The summed E-state index contributed by atoms with van der Waals surface area (Å²) in [5.41, 5.74) is 0. The number of ether oxygens (including phenoxy) is 1. The van der Waals surface area contributed by atoms with E-state index in [1.54, 1.807) is 0 Å². The van der Waals surface area contributed by atoms with Crippen molar-refractivity contribution in [1.29, 1.82) is 0 Å². The molecular formula is C7H15NO. The molecule has 0 spiro atoms.